The van der Waals surface area contributed by atoms with E-state index < -0.39 is 25.0 Å². The van der Waals surface area contributed by atoms with Crippen LogP contribution in [0.4, 0.5) is 10.1 Å². The average Bonchev–Trinajstić information content (AvgIpc) is 3.55. The molecule has 7 nitrogen and oxygen atoms in total. The molecular formula is C23H23FN2O5. The van der Waals surface area contributed by atoms with Gasteiger partial charge in [0.2, 0.25) is 0 Å². The molecule has 1 heterocycles. The number of benzene rings is 1. The number of anilines is 1. The number of allylic oxidation sites excluding steroid dienone is 1. The van der Waals surface area contributed by atoms with Crippen molar-refractivity contribution in [1.29, 1.82) is 0 Å². The zero-order chi connectivity index (χ0) is 22.5. The number of aromatic nitrogens is 1. The van der Waals surface area contributed by atoms with Crippen LogP contribution in [0.2, 0.25) is 0 Å². The minimum Gasteiger partial charge on any atom is -0.481 e. The van der Waals surface area contributed by atoms with Gasteiger partial charge in [-0.2, -0.15) is 0 Å². The molecule has 1 aliphatic rings. The van der Waals surface area contributed by atoms with Gasteiger partial charge in [-0.05, 0) is 42.2 Å². The third kappa shape index (κ3) is 5.28. The second-order valence-electron chi connectivity index (χ2n) is 7.27. The van der Waals surface area contributed by atoms with Crippen LogP contribution in [0.3, 0.4) is 0 Å². The van der Waals surface area contributed by atoms with Gasteiger partial charge < -0.3 is 20.1 Å². The number of carbonyl (C=O) groups is 2. The predicted octanol–water partition coefficient (Wildman–Crippen LogP) is 3.44. The summed E-state index contributed by atoms with van der Waals surface area (Å²) in [4.78, 5) is 35.1. The quantitative estimate of drug-likeness (QED) is 0.361. The summed E-state index contributed by atoms with van der Waals surface area (Å²) in [6, 6.07) is 8.09. The first-order valence-electron chi connectivity index (χ1n) is 9.74. The fraction of sp³-hybridized carbons (Fsp3) is 0.261. The zero-order valence-corrected chi connectivity index (χ0v) is 16.8. The summed E-state index contributed by atoms with van der Waals surface area (Å²) in [6.45, 7) is 2.75. The van der Waals surface area contributed by atoms with Crippen LogP contribution in [-0.2, 0) is 20.9 Å². The molecule has 0 spiro atoms. The molecule has 3 N–H and O–H groups in total. The van der Waals surface area contributed by atoms with Gasteiger partial charge in [0.25, 0.3) is 5.56 Å². The molecule has 1 fully saturated rings. The molecule has 3 rings (SSSR count). The van der Waals surface area contributed by atoms with Crippen molar-refractivity contribution >= 4 is 35.4 Å². The van der Waals surface area contributed by atoms with Gasteiger partial charge >= 0.3 is 11.9 Å². The number of nitrogens with zero attached hydrogens (tertiary/aromatic N) is 1. The first kappa shape index (κ1) is 22.0. The number of hydrogen-bond acceptors (Lipinski definition) is 5. The van der Waals surface area contributed by atoms with E-state index in [1.54, 1.807) is 34.9 Å². The van der Waals surface area contributed by atoms with Crippen molar-refractivity contribution < 1.29 is 23.8 Å². The molecule has 0 atom stereocenters. The molecular weight excluding hydrogens is 403 g/mol. The number of carboxylic acid groups (broad SMARTS) is 1. The molecule has 8 heteroatoms. The highest BCUT2D eigenvalue weighted by molar-refractivity contribution is 5.90. The third-order valence-electron chi connectivity index (χ3n) is 4.95. The number of ether oxygens (including phenoxy) is 1. The van der Waals surface area contributed by atoms with Crippen molar-refractivity contribution in [2.45, 2.75) is 31.9 Å². The van der Waals surface area contributed by atoms with Gasteiger partial charge in [0.05, 0.1) is 5.69 Å². The Hall–Kier alpha value is -3.68. The summed E-state index contributed by atoms with van der Waals surface area (Å²) in [5, 5.41) is 8.70. The zero-order valence-electron chi connectivity index (χ0n) is 16.8. The van der Waals surface area contributed by atoms with E-state index >= 15 is 0 Å². The van der Waals surface area contributed by atoms with Crippen molar-refractivity contribution in [2.75, 3.05) is 12.4 Å². The Morgan fingerprint density at radius 1 is 1.29 bits per heavy atom. The van der Waals surface area contributed by atoms with Crippen LogP contribution in [0, 0.1) is 0 Å². The van der Waals surface area contributed by atoms with Crippen LogP contribution in [0.15, 0.2) is 41.7 Å². The highest BCUT2D eigenvalue weighted by Gasteiger charge is 2.28. The maximum absolute atomic E-state index is 14.0. The van der Waals surface area contributed by atoms with E-state index in [1.165, 1.54) is 12.1 Å². The molecule has 0 amide bonds. The average molecular weight is 426 g/mol. The number of hydrogen-bond donors (Lipinski definition) is 2. The normalized spacial score (nSPS) is 13.6. The van der Waals surface area contributed by atoms with Crippen LogP contribution < -0.4 is 11.3 Å². The highest BCUT2D eigenvalue weighted by atomic mass is 19.1. The van der Waals surface area contributed by atoms with E-state index in [0.29, 0.717) is 33.6 Å². The number of esters is 1. The number of rotatable bonds is 9. The molecule has 0 unspecified atom stereocenters. The number of halogens is 1. The second kappa shape index (κ2) is 9.42. The molecule has 31 heavy (non-hydrogen) atoms. The first-order chi connectivity index (χ1) is 14.8. The van der Waals surface area contributed by atoms with Crippen LogP contribution >= 0.6 is 0 Å². The highest BCUT2D eigenvalue weighted by Crippen LogP contribution is 2.37. The minimum absolute atomic E-state index is 0.00772. The van der Waals surface area contributed by atoms with Crippen molar-refractivity contribution in [2.24, 2.45) is 0 Å². The Balaban J connectivity index is 2.08. The van der Waals surface area contributed by atoms with Gasteiger partial charge in [-0.25, -0.2) is 4.39 Å². The Labute approximate surface area is 178 Å². The smallest absolute Gasteiger partial charge is 0.317 e. The summed E-state index contributed by atoms with van der Waals surface area (Å²) >= 11 is 0. The Morgan fingerprint density at radius 3 is 2.52 bits per heavy atom. The van der Waals surface area contributed by atoms with Crippen LogP contribution in [0.1, 0.15) is 47.7 Å². The number of nitrogens with two attached hydrogens (primary N) is 1. The molecule has 0 radical (unpaired) electrons. The van der Waals surface area contributed by atoms with E-state index in [9.17, 15) is 18.8 Å². The standard InChI is InChI=1S/C23H23FN2O5/c1-2-19-16(13-31-23(30)11-22(28)29)10-21(27)26(18-7-8-18)20(19)9-15(12-24)14-3-5-17(25)6-4-14/h2-6,9-10,18H,1,7-8,11-13,25H2,(H,28,29)/b15-9+. The van der Waals surface area contributed by atoms with Gasteiger partial charge in [-0.3, -0.25) is 14.4 Å². The lowest BCUT2D eigenvalue weighted by atomic mass is 10.0. The lowest BCUT2D eigenvalue weighted by molar-refractivity contribution is -0.152. The molecule has 162 valence electrons. The molecule has 1 aliphatic carbocycles. The maximum atomic E-state index is 14.0. The number of pyridine rings is 1. The van der Waals surface area contributed by atoms with Crippen molar-refractivity contribution in [3.8, 4) is 0 Å². The summed E-state index contributed by atoms with van der Waals surface area (Å²) in [5.74, 6) is -2.23. The van der Waals surface area contributed by atoms with E-state index in [-0.39, 0.29) is 18.2 Å². The molecule has 2 aromatic rings. The Bertz CT molecular complexity index is 1100. The lowest BCUT2D eigenvalue weighted by Crippen LogP contribution is -2.24. The molecule has 1 saturated carbocycles. The van der Waals surface area contributed by atoms with Gasteiger partial charge in [-0.1, -0.05) is 24.8 Å². The first-order valence-corrected chi connectivity index (χ1v) is 9.74. The topological polar surface area (TPSA) is 112 Å². The Morgan fingerprint density at radius 2 is 1.97 bits per heavy atom. The lowest BCUT2D eigenvalue weighted by Gasteiger charge is -2.17. The summed E-state index contributed by atoms with van der Waals surface area (Å²) in [6.07, 6.45) is 4.00. The summed E-state index contributed by atoms with van der Waals surface area (Å²) in [7, 11) is 0. The maximum Gasteiger partial charge on any atom is 0.317 e. The third-order valence-corrected chi connectivity index (χ3v) is 4.95. The van der Waals surface area contributed by atoms with Crippen molar-refractivity contribution in [3.05, 3.63) is 69.6 Å². The second-order valence-corrected chi connectivity index (χ2v) is 7.27. The van der Waals surface area contributed by atoms with Crippen molar-refractivity contribution in [3.63, 3.8) is 0 Å². The SMILES string of the molecule is C=Cc1c(COC(=O)CC(=O)O)cc(=O)n(C2CC2)c1/C=C(\CF)c1ccc(N)cc1. The number of aliphatic carboxylic acids is 1. The number of carbonyl (C=O) groups excluding carboxylic acids is 1. The van der Waals surface area contributed by atoms with Gasteiger partial charge in [0, 0.05) is 28.9 Å². The predicted molar refractivity (Wildman–Crippen MR) is 116 cm³/mol. The minimum atomic E-state index is -1.31. The number of alkyl halides is 1. The van der Waals surface area contributed by atoms with Gasteiger partial charge in [-0.15, -0.1) is 0 Å². The molecule has 0 bridgehead atoms. The van der Waals surface area contributed by atoms with Crippen molar-refractivity contribution in [1.82, 2.24) is 4.57 Å². The van der Waals surface area contributed by atoms with Crippen LogP contribution in [0.5, 0.6) is 0 Å². The number of nitrogen functional groups attached to an aromatic ring is 1. The van der Waals surface area contributed by atoms with E-state index in [2.05, 4.69) is 6.58 Å². The van der Waals surface area contributed by atoms with Gasteiger partial charge in [0.1, 0.15) is 19.7 Å². The van der Waals surface area contributed by atoms with Crippen LogP contribution in [0.25, 0.3) is 17.7 Å². The van der Waals surface area contributed by atoms with E-state index in [1.807, 2.05) is 0 Å². The molecule has 1 aromatic carbocycles. The van der Waals surface area contributed by atoms with Gasteiger partial charge in [0.15, 0.2) is 0 Å². The fourth-order valence-corrected chi connectivity index (χ4v) is 3.32. The summed E-state index contributed by atoms with van der Waals surface area (Å²) < 4.78 is 20.6. The summed E-state index contributed by atoms with van der Waals surface area (Å²) in [5.41, 5.74) is 8.31. The van der Waals surface area contributed by atoms with Crippen LogP contribution in [-0.4, -0.2) is 28.3 Å². The Kier molecular flexibility index (Phi) is 6.69. The van der Waals surface area contributed by atoms with E-state index in [4.69, 9.17) is 15.6 Å². The fourth-order valence-electron chi connectivity index (χ4n) is 3.32. The molecule has 0 saturated heterocycles. The monoisotopic (exact) mass is 426 g/mol. The largest absolute Gasteiger partial charge is 0.481 e. The molecule has 0 aliphatic heterocycles. The van der Waals surface area contributed by atoms with E-state index in [0.717, 1.165) is 12.8 Å². The molecule has 1 aromatic heterocycles. The number of carboxylic acids is 1.